The average Bonchev–Trinajstić information content (AvgIpc) is 2.75. The van der Waals surface area contributed by atoms with Crippen molar-refractivity contribution < 1.29 is 19.4 Å². The van der Waals surface area contributed by atoms with Gasteiger partial charge in [-0.25, -0.2) is 0 Å². The number of hydrogen-bond donors (Lipinski definition) is 1. The van der Waals surface area contributed by atoms with Gasteiger partial charge in [0, 0.05) is 5.41 Å². The van der Waals surface area contributed by atoms with Crippen molar-refractivity contribution in [1.29, 1.82) is 0 Å². The highest BCUT2D eigenvalue weighted by Crippen LogP contribution is 2.65. The molecule has 2 atom stereocenters. The Kier molecular flexibility index (Phi) is 2.39. The summed E-state index contributed by atoms with van der Waals surface area (Å²) in [6.45, 7) is 7.09. The lowest BCUT2D eigenvalue weighted by Gasteiger charge is -2.14. The number of carboxylic acid groups (broad SMARTS) is 1. The Labute approximate surface area is 82.6 Å². The Morgan fingerprint density at radius 2 is 2.21 bits per heavy atom. The zero-order chi connectivity index (χ0) is 11.0. The molecule has 0 aromatic carbocycles. The molecule has 0 bridgehead atoms. The van der Waals surface area contributed by atoms with Crippen LogP contribution in [0.1, 0.15) is 20.3 Å². The van der Waals surface area contributed by atoms with Crippen molar-refractivity contribution in [1.82, 2.24) is 0 Å². The van der Waals surface area contributed by atoms with Crippen molar-refractivity contribution in [3.63, 3.8) is 0 Å². The van der Waals surface area contributed by atoms with Gasteiger partial charge >= 0.3 is 11.9 Å². The molecule has 0 aromatic heterocycles. The lowest BCUT2D eigenvalue weighted by atomic mass is 9.94. The molecule has 0 aliphatic heterocycles. The number of allylic oxidation sites excluding steroid dienone is 1. The minimum absolute atomic E-state index is 0.196. The molecule has 1 fully saturated rings. The number of rotatable bonds is 4. The fourth-order valence-corrected chi connectivity index (χ4v) is 1.72. The molecule has 1 rings (SSSR count). The SMILES string of the molecule is C=CC1(C)CC1(C(=O)O)C(=O)OCC. The van der Waals surface area contributed by atoms with Crippen LogP contribution in [0.4, 0.5) is 0 Å². The first-order chi connectivity index (χ1) is 6.44. The third-order valence-electron chi connectivity index (χ3n) is 2.92. The van der Waals surface area contributed by atoms with Gasteiger partial charge in [-0.1, -0.05) is 13.0 Å². The summed E-state index contributed by atoms with van der Waals surface area (Å²) in [5.41, 5.74) is -2.06. The van der Waals surface area contributed by atoms with Crippen LogP contribution in [0.25, 0.3) is 0 Å². The van der Waals surface area contributed by atoms with E-state index in [-0.39, 0.29) is 13.0 Å². The van der Waals surface area contributed by atoms with Gasteiger partial charge in [0.05, 0.1) is 6.61 Å². The van der Waals surface area contributed by atoms with Crippen LogP contribution < -0.4 is 0 Å². The van der Waals surface area contributed by atoms with E-state index >= 15 is 0 Å². The Bertz CT molecular complexity index is 296. The zero-order valence-corrected chi connectivity index (χ0v) is 8.37. The zero-order valence-electron chi connectivity index (χ0n) is 8.37. The molecule has 0 radical (unpaired) electrons. The third-order valence-corrected chi connectivity index (χ3v) is 2.92. The molecular weight excluding hydrogens is 184 g/mol. The number of hydrogen-bond acceptors (Lipinski definition) is 3. The predicted octanol–water partition coefficient (Wildman–Crippen LogP) is 1.22. The minimum Gasteiger partial charge on any atom is -0.480 e. The predicted molar refractivity (Wildman–Crippen MR) is 49.6 cm³/mol. The molecule has 1 N–H and O–H groups in total. The normalized spacial score (nSPS) is 34.7. The van der Waals surface area contributed by atoms with E-state index in [1.165, 1.54) is 6.08 Å². The van der Waals surface area contributed by atoms with Gasteiger partial charge in [-0.05, 0) is 13.3 Å². The monoisotopic (exact) mass is 198 g/mol. The molecule has 78 valence electrons. The first-order valence-electron chi connectivity index (χ1n) is 4.49. The van der Waals surface area contributed by atoms with Crippen LogP contribution >= 0.6 is 0 Å². The maximum atomic E-state index is 11.5. The minimum atomic E-state index is -1.40. The molecule has 0 aromatic rings. The van der Waals surface area contributed by atoms with E-state index in [2.05, 4.69) is 6.58 Å². The fraction of sp³-hybridized carbons (Fsp3) is 0.600. The number of carboxylic acids is 1. The van der Waals surface area contributed by atoms with Gasteiger partial charge in [-0.3, -0.25) is 9.59 Å². The van der Waals surface area contributed by atoms with Crippen LogP contribution in [-0.2, 0) is 14.3 Å². The maximum absolute atomic E-state index is 11.5. The van der Waals surface area contributed by atoms with Crippen LogP contribution in [0.2, 0.25) is 0 Å². The summed E-state index contributed by atoms with van der Waals surface area (Å²) in [5.74, 6) is -1.78. The summed E-state index contributed by atoms with van der Waals surface area (Å²) in [5, 5.41) is 9.02. The quantitative estimate of drug-likeness (QED) is 0.419. The van der Waals surface area contributed by atoms with E-state index in [1.54, 1.807) is 13.8 Å². The topological polar surface area (TPSA) is 63.6 Å². The van der Waals surface area contributed by atoms with Gasteiger partial charge in [0.25, 0.3) is 0 Å². The summed E-state index contributed by atoms with van der Waals surface area (Å²) in [6, 6.07) is 0. The molecule has 0 amide bonds. The Balaban J connectivity index is 2.94. The second kappa shape index (κ2) is 3.12. The van der Waals surface area contributed by atoms with E-state index in [0.29, 0.717) is 0 Å². The molecule has 4 nitrogen and oxygen atoms in total. The van der Waals surface area contributed by atoms with Crippen molar-refractivity contribution >= 4 is 11.9 Å². The van der Waals surface area contributed by atoms with Crippen LogP contribution in [0.3, 0.4) is 0 Å². The number of aliphatic carboxylic acids is 1. The van der Waals surface area contributed by atoms with E-state index in [4.69, 9.17) is 9.84 Å². The molecule has 1 aliphatic carbocycles. The highest BCUT2D eigenvalue weighted by atomic mass is 16.5. The Morgan fingerprint density at radius 1 is 1.64 bits per heavy atom. The van der Waals surface area contributed by atoms with Crippen molar-refractivity contribution in [3.8, 4) is 0 Å². The average molecular weight is 198 g/mol. The second-order valence-electron chi connectivity index (χ2n) is 3.73. The summed E-state index contributed by atoms with van der Waals surface area (Å²) in [6.07, 6.45) is 1.79. The highest BCUT2D eigenvalue weighted by molar-refractivity contribution is 6.04. The fourth-order valence-electron chi connectivity index (χ4n) is 1.72. The smallest absolute Gasteiger partial charge is 0.324 e. The number of ether oxygens (including phenoxy) is 1. The first kappa shape index (κ1) is 10.8. The molecule has 2 unspecified atom stereocenters. The van der Waals surface area contributed by atoms with Gasteiger partial charge in [0.2, 0.25) is 0 Å². The number of carbonyl (C=O) groups is 2. The lowest BCUT2D eigenvalue weighted by molar-refractivity contribution is -0.162. The van der Waals surface area contributed by atoms with Gasteiger partial charge < -0.3 is 9.84 Å². The van der Waals surface area contributed by atoms with Crippen molar-refractivity contribution in [2.24, 2.45) is 10.8 Å². The summed E-state index contributed by atoms with van der Waals surface area (Å²) in [7, 11) is 0. The third kappa shape index (κ3) is 1.14. The lowest BCUT2D eigenvalue weighted by Crippen LogP contribution is -2.32. The maximum Gasteiger partial charge on any atom is 0.324 e. The van der Waals surface area contributed by atoms with E-state index in [9.17, 15) is 9.59 Å². The Hall–Kier alpha value is -1.32. The Morgan fingerprint density at radius 3 is 2.50 bits per heavy atom. The molecule has 0 saturated heterocycles. The van der Waals surface area contributed by atoms with Crippen LogP contribution in [0, 0.1) is 10.8 Å². The van der Waals surface area contributed by atoms with Gasteiger partial charge in [-0.2, -0.15) is 0 Å². The van der Waals surface area contributed by atoms with Gasteiger partial charge in [-0.15, -0.1) is 6.58 Å². The standard InChI is InChI=1S/C10H14O4/c1-4-9(3)6-10(9,7(11)12)8(13)14-5-2/h4H,1,5-6H2,2-3H3,(H,11,12). The van der Waals surface area contributed by atoms with Crippen molar-refractivity contribution in [2.75, 3.05) is 6.61 Å². The first-order valence-corrected chi connectivity index (χ1v) is 4.49. The largest absolute Gasteiger partial charge is 0.480 e. The van der Waals surface area contributed by atoms with Crippen LogP contribution in [0.15, 0.2) is 12.7 Å². The molecule has 1 saturated carbocycles. The second-order valence-corrected chi connectivity index (χ2v) is 3.73. The van der Waals surface area contributed by atoms with Crippen LogP contribution in [-0.4, -0.2) is 23.7 Å². The van der Waals surface area contributed by atoms with E-state index in [0.717, 1.165) is 0 Å². The van der Waals surface area contributed by atoms with E-state index < -0.39 is 22.8 Å². The summed E-state index contributed by atoms with van der Waals surface area (Å²) >= 11 is 0. The molecule has 1 aliphatic rings. The molecule has 0 spiro atoms. The molecule has 0 heterocycles. The summed E-state index contributed by atoms with van der Waals surface area (Å²) < 4.78 is 4.76. The van der Waals surface area contributed by atoms with Gasteiger partial charge in [0.15, 0.2) is 5.41 Å². The molecular formula is C10H14O4. The van der Waals surface area contributed by atoms with Crippen molar-refractivity contribution in [3.05, 3.63) is 12.7 Å². The van der Waals surface area contributed by atoms with Crippen molar-refractivity contribution in [2.45, 2.75) is 20.3 Å². The summed E-state index contributed by atoms with van der Waals surface area (Å²) in [4.78, 5) is 22.5. The number of carbonyl (C=O) groups excluding carboxylic acids is 1. The number of esters is 1. The highest BCUT2D eigenvalue weighted by Gasteiger charge is 2.74. The molecule has 4 heteroatoms. The molecule has 14 heavy (non-hydrogen) atoms. The van der Waals surface area contributed by atoms with Gasteiger partial charge in [0.1, 0.15) is 0 Å². The van der Waals surface area contributed by atoms with Crippen LogP contribution in [0.5, 0.6) is 0 Å². The van der Waals surface area contributed by atoms with E-state index in [1.807, 2.05) is 0 Å².